The summed E-state index contributed by atoms with van der Waals surface area (Å²) in [6, 6.07) is 3.82. The zero-order chi connectivity index (χ0) is 18.5. The molecule has 142 valence electrons. The van der Waals surface area contributed by atoms with Crippen molar-refractivity contribution in [2.75, 3.05) is 0 Å². The fourth-order valence-electron chi connectivity index (χ4n) is 4.15. The number of hydrogen-bond donors (Lipinski definition) is 0. The lowest BCUT2D eigenvalue weighted by Gasteiger charge is -2.26. The van der Waals surface area contributed by atoms with Crippen molar-refractivity contribution < 1.29 is 9.21 Å². The first-order valence-corrected chi connectivity index (χ1v) is 9.98. The second-order valence-electron chi connectivity index (χ2n) is 7.40. The van der Waals surface area contributed by atoms with Crippen LogP contribution in [0.3, 0.4) is 0 Å². The van der Waals surface area contributed by atoms with Crippen molar-refractivity contribution in [3.63, 3.8) is 0 Å². The monoisotopic (exact) mass is 357 g/mol. The number of fused-ring (bicyclic) bond motifs is 1. The highest BCUT2D eigenvalue weighted by atomic mass is 16.3. The van der Waals surface area contributed by atoms with Crippen molar-refractivity contribution in [2.24, 2.45) is 13.0 Å². The molecule has 0 radical (unpaired) electrons. The molecule has 0 N–H and O–H groups in total. The molecule has 1 amide bonds. The van der Waals surface area contributed by atoms with Gasteiger partial charge in [0.05, 0.1) is 25.0 Å². The molecule has 0 saturated heterocycles. The molecular formula is C21H31N3O2. The van der Waals surface area contributed by atoms with E-state index in [4.69, 9.17) is 9.52 Å². The average molecular weight is 357 g/mol. The van der Waals surface area contributed by atoms with Crippen molar-refractivity contribution in [1.82, 2.24) is 14.7 Å². The van der Waals surface area contributed by atoms with E-state index < -0.39 is 0 Å². The van der Waals surface area contributed by atoms with Crippen LogP contribution in [0, 0.1) is 5.92 Å². The van der Waals surface area contributed by atoms with E-state index in [2.05, 4.69) is 13.8 Å². The number of hydrogen-bond acceptors (Lipinski definition) is 3. The molecule has 2 aromatic heterocycles. The van der Waals surface area contributed by atoms with Crippen LogP contribution in [-0.4, -0.2) is 20.6 Å². The number of rotatable bonds is 9. The summed E-state index contributed by atoms with van der Waals surface area (Å²) in [5.74, 6) is 1.16. The van der Waals surface area contributed by atoms with Crippen molar-refractivity contribution in [2.45, 2.75) is 71.9 Å². The zero-order valence-corrected chi connectivity index (χ0v) is 16.3. The van der Waals surface area contributed by atoms with Crippen molar-refractivity contribution in [3.8, 4) is 0 Å². The molecule has 0 fully saturated rings. The lowest BCUT2D eigenvalue weighted by atomic mass is 9.96. The van der Waals surface area contributed by atoms with Gasteiger partial charge in [0, 0.05) is 18.7 Å². The highest BCUT2D eigenvalue weighted by molar-refractivity contribution is 5.78. The number of aromatic nitrogens is 2. The standard InChI is InChI=1S/C21H31N3O2/c1-4-8-16(9-5-2)21(25)24(14-17-10-7-13-26-17)15-19-18-11-6-12-20(18)23(3)22-19/h7,10,13,16H,4-6,8-9,11-12,14-15H2,1-3H3. The zero-order valence-electron chi connectivity index (χ0n) is 16.3. The molecule has 2 aromatic rings. The topological polar surface area (TPSA) is 51.3 Å². The van der Waals surface area contributed by atoms with Crippen molar-refractivity contribution >= 4 is 5.91 Å². The van der Waals surface area contributed by atoms with Gasteiger partial charge < -0.3 is 9.32 Å². The number of aryl methyl sites for hydroxylation is 1. The first-order valence-electron chi connectivity index (χ1n) is 9.98. The van der Waals surface area contributed by atoms with Gasteiger partial charge in [0.15, 0.2) is 0 Å². The summed E-state index contributed by atoms with van der Waals surface area (Å²) >= 11 is 0. The molecule has 0 saturated carbocycles. The number of amides is 1. The van der Waals surface area contributed by atoms with Crippen LogP contribution in [0.25, 0.3) is 0 Å². The molecule has 5 heteroatoms. The lowest BCUT2D eigenvalue weighted by Crippen LogP contribution is -2.35. The van der Waals surface area contributed by atoms with Gasteiger partial charge in [-0.2, -0.15) is 5.10 Å². The van der Waals surface area contributed by atoms with Gasteiger partial charge in [-0.3, -0.25) is 9.48 Å². The number of carbonyl (C=O) groups excluding carboxylic acids is 1. The van der Waals surface area contributed by atoms with Gasteiger partial charge in [-0.1, -0.05) is 26.7 Å². The molecule has 0 spiro atoms. The molecule has 0 aromatic carbocycles. The van der Waals surface area contributed by atoms with E-state index >= 15 is 0 Å². The van der Waals surface area contributed by atoms with Crippen molar-refractivity contribution in [1.29, 1.82) is 0 Å². The summed E-state index contributed by atoms with van der Waals surface area (Å²) in [7, 11) is 2.02. The lowest BCUT2D eigenvalue weighted by molar-refractivity contribution is -0.137. The number of carbonyl (C=O) groups is 1. The van der Waals surface area contributed by atoms with E-state index in [-0.39, 0.29) is 11.8 Å². The third kappa shape index (κ3) is 4.02. The van der Waals surface area contributed by atoms with Gasteiger partial charge in [-0.05, 0) is 49.8 Å². The van der Waals surface area contributed by atoms with Crippen LogP contribution in [-0.2, 0) is 37.8 Å². The molecule has 0 aliphatic heterocycles. The normalized spacial score (nSPS) is 13.4. The Morgan fingerprint density at radius 1 is 1.27 bits per heavy atom. The summed E-state index contributed by atoms with van der Waals surface area (Å²) in [4.78, 5) is 15.3. The van der Waals surface area contributed by atoms with Crippen LogP contribution < -0.4 is 0 Å². The van der Waals surface area contributed by atoms with Crippen LogP contribution in [0.5, 0.6) is 0 Å². The van der Waals surface area contributed by atoms with Gasteiger partial charge >= 0.3 is 0 Å². The van der Waals surface area contributed by atoms with Crippen LogP contribution in [0.15, 0.2) is 22.8 Å². The fraction of sp³-hybridized carbons (Fsp3) is 0.619. The van der Waals surface area contributed by atoms with Gasteiger partial charge in [-0.25, -0.2) is 0 Å². The largest absolute Gasteiger partial charge is 0.467 e. The SMILES string of the molecule is CCCC(CCC)C(=O)N(Cc1ccco1)Cc1nn(C)c2c1CCC2. The molecule has 0 bridgehead atoms. The molecular weight excluding hydrogens is 326 g/mol. The van der Waals surface area contributed by atoms with Crippen LogP contribution in [0.2, 0.25) is 0 Å². The Kier molecular flexibility index (Phi) is 6.17. The van der Waals surface area contributed by atoms with E-state index in [0.29, 0.717) is 13.1 Å². The molecule has 0 unspecified atom stereocenters. The molecule has 3 rings (SSSR count). The second kappa shape index (κ2) is 8.56. The van der Waals surface area contributed by atoms with Crippen LogP contribution in [0.4, 0.5) is 0 Å². The van der Waals surface area contributed by atoms with E-state index in [9.17, 15) is 4.79 Å². The van der Waals surface area contributed by atoms with Gasteiger partial charge in [0.2, 0.25) is 5.91 Å². The fourth-order valence-corrected chi connectivity index (χ4v) is 4.15. The Bertz CT molecular complexity index is 712. The smallest absolute Gasteiger partial charge is 0.226 e. The highest BCUT2D eigenvalue weighted by Crippen LogP contribution is 2.27. The maximum absolute atomic E-state index is 13.3. The summed E-state index contributed by atoms with van der Waals surface area (Å²) in [5.41, 5.74) is 3.75. The Morgan fingerprint density at radius 3 is 2.69 bits per heavy atom. The predicted molar refractivity (Wildman–Crippen MR) is 102 cm³/mol. The first-order chi connectivity index (χ1) is 12.6. The average Bonchev–Trinajstić information content (AvgIpc) is 3.35. The Balaban J connectivity index is 1.83. The molecule has 1 aliphatic carbocycles. The third-order valence-corrected chi connectivity index (χ3v) is 5.40. The summed E-state index contributed by atoms with van der Waals surface area (Å²) in [5, 5.41) is 4.73. The molecule has 5 nitrogen and oxygen atoms in total. The number of furan rings is 1. The summed E-state index contributed by atoms with van der Waals surface area (Å²) < 4.78 is 7.53. The van der Waals surface area contributed by atoms with E-state index in [1.807, 2.05) is 28.8 Å². The third-order valence-electron chi connectivity index (χ3n) is 5.40. The minimum Gasteiger partial charge on any atom is -0.467 e. The summed E-state index contributed by atoms with van der Waals surface area (Å²) in [6.45, 7) is 5.39. The Labute approximate surface area is 156 Å². The number of nitrogens with zero attached hydrogens (tertiary/aromatic N) is 3. The predicted octanol–water partition coefficient (Wildman–Crippen LogP) is 4.25. The molecule has 2 heterocycles. The second-order valence-corrected chi connectivity index (χ2v) is 7.40. The quantitative estimate of drug-likeness (QED) is 0.674. The van der Waals surface area contributed by atoms with E-state index in [1.165, 1.54) is 17.7 Å². The van der Waals surface area contributed by atoms with Crippen LogP contribution >= 0.6 is 0 Å². The summed E-state index contributed by atoms with van der Waals surface area (Å²) in [6.07, 6.45) is 8.99. The Hall–Kier alpha value is -2.04. The van der Waals surface area contributed by atoms with Gasteiger partial charge in [0.1, 0.15) is 5.76 Å². The maximum Gasteiger partial charge on any atom is 0.226 e. The molecule has 1 aliphatic rings. The minimum atomic E-state index is 0.0942. The molecule has 26 heavy (non-hydrogen) atoms. The van der Waals surface area contributed by atoms with Gasteiger partial charge in [0.25, 0.3) is 0 Å². The van der Waals surface area contributed by atoms with E-state index in [1.54, 1.807) is 6.26 Å². The van der Waals surface area contributed by atoms with Crippen molar-refractivity contribution in [3.05, 3.63) is 41.1 Å². The Morgan fingerprint density at radius 2 is 2.04 bits per heavy atom. The first kappa shape index (κ1) is 18.7. The van der Waals surface area contributed by atoms with Gasteiger partial charge in [-0.15, -0.1) is 0 Å². The maximum atomic E-state index is 13.3. The van der Waals surface area contributed by atoms with Crippen LogP contribution in [0.1, 0.15) is 68.7 Å². The minimum absolute atomic E-state index is 0.0942. The van der Waals surface area contributed by atoms with E-state index in [0.717, 1.165) is 50.0 Å². The highest BCUT2D eigenvalue weighted by Gasteiger charge is 2.28. The molecule has 0 atom stereocenters.